The molecule has 1 aromatic rings. The fourth-order valence-electron chi connectivity index (χ4n) is 8.87. The molecule has 9 atom stereocenters. The van der Waals surface area contributed by atoms with Crippen LogP contribution in [0.4, 0.5) is 0 Å². The maximum Gasteiger partial charge on any atom is 0.311 e. The average Bonchev–Trinajstić information content (AvgIpc) is 3.43. The van der Waals surface area contributed by atoms with Gasteiger partial charge in [-0.15, -0.1) is 0 Å². The van der Waals surface area contributed by atoms with Crippen LogP contribution >= 0.6 is 0 Å². The number of fused-ring (bicyclic) bond motifs is 6. The van der Waals surface area contributed by atoms with Gasteiger partial charge in [-0.3, -0.25) is 9.59 Å². The molecule has 6 nitrogen and oxygen atoms in total. The van der Waals surface area contributed by atoms with Crippen LogP contribution in [0.3, 0.4) is 0 Å². The molecular weight excluding hydrogens is 404 g/mol. The van der Waals surface area contributed by atoms with Gasteiger partial charge in [-0.1, -0.05) is 26.3 Å². The molecule has 2 saturated carbocycles. The Morgan fingerprint density at radius 3 is 2.94 bits per heavy atom. The standard InChI is InChI=1S/C26H34N2O4/c1-15-5-4-8-25(2)10-20-22(23-26(15,25)32-23)18(24(30)31-20)14-27-11-16-9-17(13-27)19-6-3-7-21(29)28(19)12-16/h3,6-7,15-18,20,22-23H,4-5,8-14H2,1-2H3/t15-,16-,17-,18+,20+,22+,23+,25+,26-/m0/s1. The number of piperidine rings is 1. The van der Waals surface area contributed by atoms with Crippen molar-refractivity contribution in [2.45, 2.75) is 76.2 Å². The van der Waals surface area contributed by atoms with E-state index in [1.165, 1.54) is 25.0 Å². The van der Waals surface area contributed by atoms with E-state index in [4.69, 9.17) is 9.47 Å². The van der Waals surface area contributed by atoms with E-state index in [0.29, 0.717) is 17.8 Å². The van der Waals surface area contributed by atoms with Crippen LogP contribution in [0.25, 0.3) is 0 Å². The largest absolute Gasteiger partial charge is 0.462 e. The van der Waals surface area contributed by atoms with Gasteiger partial charge in [0.15, 0.2) is 0 Å². The molecular formula is C26H34N2O4. The summed E-state index contributed by atoms with van der Waals surface area (Å²) < 4.78 is 14.6. The normalized spacial score (nSPS) is 48.8. The first-order valence-electron chi connectivity index (χ1n) is 12.7. The lowest BCUT2D eigenvalue weighted by atomic mass is 9.53. The van der Waals surface area contributed by atoms with Crippen LogP contribution in [0.1, 0.15) is 57.6 Å². The number of hydrogen-bond acceptors (Lipinski definition) is 5. The van der Waals surface area contributed by atoms with Gasteiger partial charge in [0.05, 0.1) is 12.0 Å². The van der Waals surface area contributed by atoms with Crippen molar-refractivity contribution < 1.29 is 14.3 Å². The van der Waals surface area contributed by atoms with Crippen LogP contribution in [0.15, 0.2) is 23.0 Å². The summed E-state index contributed by atoms with van der Waals surface area (Å²) in [7, 11) is 0. The number of nitrogens with zero attached hydrogens (tertiary/aromatic N) is 2. The highest BCUT2D eigenvalue weighted by molar-refractivity contribution is 5.76. The molecule has 2 aliphatic carbocycles. The Morgan fingerprint density at radius 1 is 1.19 bits per heavy atom. The number of carbonyl (C=O) groups excluding carboxylic acids is 1. The molecule has 5 fully saturated rings. The molecule has 5 heterocycles. The van der Waals surface area contributed by atoms with Crippen LogP contribution in [0.2, 0.25) is 0 Å². The quantitative estimate of drug-likeness (QED) is 0.525. The molecule has 2 bridgehead atoms. The third-order valence-corrected chi connectivity index (χ3v) is 10.2. The first-order chi connectivity index (χ1) is 15.4. The molecule has 6 heteroatoms. The van der Waals surface area contributed by atoms with E-state index in [0.717, 1.165) is 39.0 Å². The molecule has 0 unspecified atom stereocenters. The molecule has 7 rings (SSSR count). The summed E-state index contributed by atoms with van der Waals surface area (Å²) >= 11 is 0. The third kappa shape index (κ3) is 2.48. The Morgan fingerprint density at radius 2 is 2.06 bits per heavy atom. The Bertz CT molecular complexity index is 1040. The topological polar surface area (TPSA) is 64.1 Å². The van der Waals surface area contributed by atoms with Gasteiger partial charge in [0.2, 0.25) is 0 Å². The molecule has 3 saturated heterocycles. The maximum absolute atomic E-state index is 13.1. The monoisotopic (exact) mass is 438 g/mol. The van der Waals surface area contributed by atoms with E-state index in [1.807, 2.05) is 10.6 Å². The molecule has 0 N–H and O–H groups in total. The van der Waals surface area contributed by atoms with Gasteiger partial charge in [-0.25, -0.2) is 0 Å². The van der Waals surface area contributed by atoms with Crippen LogP contribution in [-0.2, 0) is 20.8 Å². The lowest BCUT2D eigenvalue weighted by Gasteiger charge is -2.49. The molecule has 0 aromatic carbocycles. The molecule has 1 spiro atoms. The summed E-state index contributed by atoms with van der Waals surface area (Å²) in [5.74, 6) is 1.53. The molecule has 1 aromatic heterocycles. The van der Waals surface area contributed by atoms with Crippen LogP contribution in [0, 0.1) is 29.1 Å². The zero-order valence-corrected chi connectivity index (χ0v) is 19.2. The average molecular weight is 439 g/mol. The second-order valence-electron chi connectivity index (χ2n) is 12.0. The Kier molecular flexibility index (Phi) is 4.00. The summed E-state index contributed by atoms with van der Waals surface area (Å²) in [6, 6.07) is 5.67. The fraction of sp³-hybridized carbons (Fsp3) is 0.769. The van der Waals surface area contributed by atoms with E-state index in [2.05, 4.69) is 24.8 Å². The molecule has 32 heavy (non-hydrogen) atoms. The number of epoxide rings is 1. The molecule has 0 radical (unpaired) electrons. The van der Waals surface area contributed by atoms with Gasteiger partial charge in [0, 0.05) is 55.2 Å². The fourth-order valence-corrected chi connectivity index (χ4v) is 8.87. The van der Waals surface area contributed by atoms with E-state index in [-0.39, 0.29) is 46.6 Å². The van der Waals surface area contributed by atoms with Crippen molar-refractivity contribution in [3.05, 3.63) is 34.2 Å². The number of aromatic nitrogens is 1. The number of ether oxygens (including phenoxy) is 2. The second-order valence-corrected chi connectivity index (χ2v) is 12.0. The minimum Gasteiger partial charge on any atom is -0.462 e. The van der Waals surface area contributed by atoms with Gasteiger partial charge < -0.3 is 18.9 Å². The van der Waals surface area contributed by atoms with Crippen LogP contribution in [-0.4, -0.2) is 52.9 Å². The SMILES string of the molecule is C[C@H]1CCC[C@]2(C)C[C@H]3OC(=O)[C@H](CN4C[C@@H]5C[C@@H](C4)c4cccc(=O)n4C5)[C@H]3[C@H]3O[C@]312. The number of pyridine rings is 1. The van der Waals surface area contributed by atoms with Crippen molar-refractivity contribution in [1.29, 1.82) is 0 Å². The first-order valence-corrected chi connectivity index (χ1v) is 12.7. The van der Waals surface area contributed by atoms with E-state index < -0.39 is 0 Å². The van der Waals surface area contributed by atoms with Crippen molar-refractivity contribution in [3.8, 4) is 0 Å². The molecule has 172 valence electrons. The number of hydrogen-bond donors (Lipinski definition) is 0. The lowest BCUT2D eigenvalue weighted by Crippen LogP contribution is -2.55. The third-order valence-electron chi connectivity index (χ3n) is 10.2. The van der Waals surface area contributed by atoms with Crippen LogP contribution < -0.4 is 5.56 Å². The van der Waals surface area contributed by atoms with E-state index in [9.17, 15) is 9.59 Å². The van der Waals surface area contributed by atoms with Gasteiger partial charge in [-0.05, 0) is 43.6 Å². The highest BCUT2D eigenvalue weighted by Crippen LogP contribution is 2.70. The predicted octanol–water partition coefficient (Wildman–Crippen LogP) is 2.79. The Balaban J connectivity index is 1.14. The van der Waals surface area contributed by atoms with Crippen molar-refractivity contribution in [2.24, 2.45) is 29.1 Å². The van der Waals surface area contributed by atoms with E-state index >= 15 is 0 Å². The number of esters is 1. The van der Waals surface area contributed by atoms with Crippen LogP contribution in [0.5, 0.6) is 0 Å². The summed E-state index contributed by atoms with van der Waals surface area (Å²) in [4.78, 5) is 27.9. The molecule has 0 amide bonds. The van der Waals surface area contributed by atoms with Crippen molar-refractivity contribution in [2.75, 3.05) is 19.6 Å². The highest BCUT2D eigenvalue weighted by atomic mass is 16.6. The van der Waals surface area contributed by atoms with Gasteiger partial charge >= 0.3 is 5.97 Å². The predicted molar refractivity (Wildman–Crippen MR) is 118 cm³/mol. The van der Waals surface area contributed by atoms with E-state index in [1.54, 1.807) is 6.07 Å². The maximum atomic E-state index is 13.1. The summed E-state index contributed by atoms with van der Waals surface area (Å²) in [6.07, 6.45) is 5.98. The first kappa shape index (κ1) is 19.8. The zero-order valence-electron chi connectivity index (χ0n) is 19.2. The minimum atomic E-state index is -0.0835. The molecule has 4 aliphatic heterocycles. The number of rotatable bonds is 2. The smallest absolute Gasteiger partial charge is 0.311 e. The summed E-state index contributed by atoms with van der Waals surface area (Å²) in [5, 5.41) is 0. The second kappa shape index (κ2) is 6.47. The minimum absolute atomic E-state index is 0.00657. The zero-order chi connectivity index (χ0) is 21.8. The number of carbonyl (C=O) groups is 1. The lowest BCUT2D eigenvalue weighted by molar-refractivity contribution is -0.146. The highest BCUT2D eigenvalue weighted by Gasteiger charge is 2.78. The summed E-state index contributed by atoms with van der Waals surface area (Å²) in [5.41, 5.74) is 1.40. The van der Waals surface area contributed by atoms with Crippen molar-refractivity contribution in [3.63, 3.8) is 0 Å². The summed E-state index contributed by atoms with van der Waals surface area (Å²) in [6.45, 7) is 8.19. The van der Waals surface area contributed by atoms with Crippen molar-refractivity contribution in [1.82, 2.24) is 9.47 Å². The Labute approximate surface area is 189 Å². The van der Waals surface area contributed by atoms with Gasteiger partial charge in [0.1, 0.15) is 11.7 Å². The van der Waals surface area contributed by atoms with Gasteiger partial charge in [0.25, 0.3) is 5.56 Å². The van der Waals surface area contributed by atoms with Gasteiger partial charge in [-0.2, -0.15) is 0 Å². The molecule has 6 aliphatic rings. The number of likely N-dealkylation sites (tertiary alicyclic amines) is 1. The Hall–Kier alpha value is -1.66. The van der Waals surface area contributed by atoms with Crippen molar-refractivity contribution >= 4 is 5.97 Å².